The highest BCUT2D eigenvalue weighted by Crippen LogP contribution is 2.58. The number of H-pyrrole nitrogens is 4. The van der Waals surface area contributed by atoms with Crippen molar-refractivity contribution < 1.29 is 141 Å². The third-order valence-corrected chi connectivity index (χ3v) is 31.1. The van der Waals surface area contributed by atoms with E-state index in [0.717, 1.165) is 26.2 Å². The highest BCUT2D eigenvalue weighted by atomic mass is 32.5. The molecule has 9 aromatic heterocycles. The molecule has 0 radical (unpaired) electrons. The van der Waals surface area contributed by atoms with Gasteiger partial charge in [-0.15, -0.1) is 0 Å². The van der Waals surface area contributed by atoms with E-state index in [2.05, 4.69) is 59.8 Å². The first-order valence-electron chi connectivity index (χ1n) is 43.7. The van der Waals surface area contributed by atoms with Crippen molar-refractivity contribution in [1.29, 1.82) is 0 Å². The average Bonchev–Trinajstić information content (AvgIpc) is 1.61. The molecule has 27 atom stereocenters. The summed E-state index contributed by atoms with van der Waals surface area (Å²) in [6, 6.07) is 0. The van der Waals surface area contributed by atoms with Gasteiger partial charge >= 0.3 is 50.7 Å². The number of nitrogens with zero attached hydrogens (tertiary/aromatic N) is 14. The third kappa shape index (κ3) is 25.7. The van der Waals surface area contributed by atoms with Crippen molar-refractivity contribution in [1.82, 2.24) is 87.2 Å². The summed E-state index contributed by atoms with van der Waals surface area (Å²) < 4.78 is 155. The number of ether oxygens (including phenoxy) is 14. The molecule has 69 heteroatoms. The van der Waals surface area contributed by atoms with E-state index in [1.165, 1.54) is 89.7 Å². The van der Waals surface area contributed by atoms with Crippen molar-refractivity contribution in [3.63, 3.8) is 0 Å². The number of aryl methyl sites for hydroxylation is 3. The zero-order valence-corrected chi connectivity index (χ0v) is 85.5. The number of methoxy groups -OCH3 is 4. The van der Waals surface area contributed by atoms with Crippen LogP contribution in [0.5, 0.6) is 0 Å². The number of nitrogens with two attached hydrogens (primary N) is 4. The maximum absolute atomic E-state index is 14.1. The molecule has 15 heterocycles. The quantitative estimate of drug-likeness (QED) is 0.0148. The first-order valence-corrected chi connectivity index (χ1v) is 56.6. The average molecular weight is 2210 g/mol. The predicted octanol–water partition coefficient (Wildman–Crippen LogP) is -1.75. The van der Waals surface area contributed by atoms with E-state index in [0.29, 0.717) is 24.0 Å². The molecule has 788 valence electrons. The SMILES string of the molecule is CCC[C@H]1O[C@@H](n2cnc3c(N)ncnc32)CC1OP(O)(=S)OC[C@H]1O[C@@H](n2cnc3c(=O)[nH]c(N)nc32)CC1OP(O)(=S)OC[C@H]1O[C@@H](n2cnc3c(=O)[nH]c(N)nc32)[C@@H](OCCOC)C1OP(O)(=S)OC[C@H]1O[C@@H](n2cc(C)c(=O)[nH]c2=O)[C@@H](OCCOC)C1OP(O)(=S)OC[C@H]1O[C@@H](n2cc(C)c(N)nc2=O)[C@@H](OCCOC)C1OP(O)(=S)OC[C@H]1O[C@@H](n2cc(C)c(=O)[nH]c2=O)[C@@H](OCCOC)C1O. The molecule has 0 aliphatic carbocycles. The Kier molecular flexibility index (Phi) is 36.0. The molecule has 6 saturated heterocycles. The first kappa shape index (κ1) is 110. The van der Waals surface area contributed by atoms with Gasteiger partial charge in [0.2, 0.25) is 11.9 Å². The fourth-order valence-electron chi connectivity index (χ4n) is 16.6. The van der Waals surface area contributed by atoms with Crippen molar-refractivity contribution in [2.75, 3.05) is 137 Å². The summed E-state index contributed by atoms with van der Waals surface area (Å²) in [6.45, 7) is -23.5. The van der Waals surface area contributed by atoms with Gasteiger partial charge in [-0.1, -0.05) is 13.3 Å². The Balaban J connectivity index is 0.709. The second-order valence-electron chi connectivity index (χ2n) is 33.0. The number of aliphatic hydroxyl groups is 1. The molecule has 11 unspecified atom stereocenters. The number of fused-ring (bicyclic) bond motifs is 3. The Morgan fingerprint density at radius 2 is 0.755 bits per heavy atom. The van der Waals surface area contributed by atoms with Crippen LogP contribution >= 0.6 is 33.6 Å². The lowest BCUT2D eigenvalue weighted by Gasteiger charge is -2.31. The number of aliphatic hydroxyl groups excluding tert-OH is 1. The van der Waals surface area contributed by atoms with Crippen molar-refractivity contribution in [2.24, 2.45) is 0 Å². The van der Waals surface area contributed by atoms with Crippen molar-refractivity contribution in [3.05, 3.63) is 133 Å². The number of aromatic amines is 4. The summed E-state index contributed by atoms with van der Waals surface area (Å²) in [5, 5.41) is 11.8. The molecule has 0 amide bonds. The Bertz CT molecular complexity index is 6750. The van der Waals surface area contributed by atoms with Gasteiger partial charge in [0.25, 0.3) is 22.2 Å². The lowest BCUT2D eigenvalue weighted by atomic mass is 10.1. The molecule has 0 spiro atoms. The van der Waals surface area contributed by atoms with Crippen LogP contribution in [0.4, 0.5) is 23.5 Å². The summed E-state index contributed by atoms with van der Waals surface area (Å²) >= 11 is 28.9. The number of imidazole rings is 3. The Hall–Kier alpha value is -7.26. The van der Waals surface area contributed by atoms with Crippen LogP contribution in [-0.2, 0) is 171 Å². The molecule has 0 bridgehead atoms. The number of anilines is 4. The summed E-state index contributed by atoms with van der Waals surface area (Å²) in [5.41, 5.74) is 18.7. The lowest BCUT2D eigenvalue weighted by Crippen LogP contribution is -2.42. The maximum Gasteiger partial charge on any atom is 0.351 e. The Morgan fingerprint density at radius 1 is 0.392 bits per heavy atom. The van der Waals surface area contributed by atoms with E-state index >= 15 is 0 Å². The third-order valence-electron chi connectivity index (χ3n) is 23.3. The molecule has 6 fully saturated rings. The van der Waals surface area contributed by atoms with Crippen LogP contribution in [0.15, 0.2) is 77.5 Å². The van der Waals surface area contributed by atoms with E-state index in [9.17, 15) is 63.1 Å². The lowest BCUT2D eigenvalue weighted by molar-refractivity contribution is -0.0840. The van der Waals surface area contributed by atoms with Gasteiger partial charge in [0.15, 0.2) is 58.7 Å². The van der Waals surface area contributed by atoms with Crippen LogP contribution < -0.4 is 62.2 Å². The van der Waals surface area contributed by atoms with Gasteiger partial charge in [0, 0.05) is 76.6 Å². The molecule has 143 heavy (non-hydrogen) atoms. The second-order valence-corrected chi connectivity index (χ2v) is 46.9. The van der Waals surface area contributed by atoms with Crippen LogP contribution in [-0.4, -0.2) is 329 Å². The fourth-order valence-corrected chi connectivity index (χ4v) is 23.8. The van der Waals surface area contributed by atoms with Gasteiger partial charge in [0.1, 0.15) is 109 Å². The van der Waals surface area contributed by atoms with Gasteiger partial charge in [-0.2, -0.15) is 15.0 Å². The van der Waals surface area contributed by atoms with Crippen molar-refractivity contribution in [2.45, 2.75) is 188 Å². The largest absolute Gasteiger partial charge is 0.387 e. The molecule has 18 N–H and O–H groups in total. The van der Waals surface area contributed by atoms with Gasteiger partial charge in [-0.25, -0.2) is 39.3 Å². The minimum Gasteiger partial charge on any atom is -0.387 e. The number of nitrogens with one attached hydrogen (secondary N) is 4. The number of hydrogen-bond donors (Lipinski definition) is 14. The highest BCUT2D eigenvalue weighted by molar-refractivity contribution is 8.08. The molecule has 0 aromatic carbocycles. The normalized spacial score (nSPS) is 28.9. The molecule has 15 rings (SSSR count). The van der Waals surface area contributed by atoms with E-state index in [1.807, 2.05) is 6.92 Å². The van der Waals surface area contributed by atoms with Crippen molar-refractivity contribution >= 4 is 150 Å². The Morgan fingerprint density at radius 3 is 1.21 bits per heavy atom. The summed E-state index contributed by atoms with van der Waals surface area (Å²) in [6.07, 6.45) is -22.7. The standard InChI is InChI=1S/C74H105N22O37P5S5/c1-9-10-36-37(19-44(123-36)94-30-81-46-58(76)79-29-80-59(46)94)129-134(105,139)118-24-39-38(20-45(124-39)95-31-82-47-60(95)85-70(77)87-64(47)100)130-135(106,140)120-26-43-52(56(117-18-14-113-8)69(128-43)96-32-83-48-61(96)86-71(78)88-65(48)101)133-138(109,143)122-28-42-51(55(116-17-13-112-7)68(127-42)93-23-35(4)63(99)90-74(93)104)132-137(108,142)121-27-41-50(54(115-16-12-111-6)67(126-41)91-21-33(2)57(75)84-72(91)102)131-136(107,141)119-25-40-49(97)53(114-15-11-110-5)66(125-40)92-22-34(3)62(98)89-73(92)103/h21-23,29-32,36-45,49-56,66-69,97H,9-20,24-28H2,1-8H3,(H,105,139)(H,106,140)(H,107,141)(H,108,142)(H,109,143)(H2,75,84,102)(H2,76,79,80)(H,89,98,103)(H,90,99,104)(H3,77,85,87,100)(H3,78,86,88,101)/t36-,37?,38?,39-,40-,41-,42-,43-,44-,45-,49?,50?,51?,52?,53+,54+,55+,56+,66-,67-,68-,69-,134?,135?,136?,137?,138?/m1/s1. The fraction of sp³-hybridized carbons (Fsp3) is 0.635. The van der Waals surface area contributed by atoms with Crippen LogP contribution in [0.2, 0.25) is 0 Å². The molecule has 9 aromatic rings. The topological polar surface area (TPSA) is 762 Å². The molecular weight excluding hydrogens is 2100 g/mol. The van der Waals surface area contributed by atoms with E-state index < -0.39 is 241 Å². The van der Waals surface area contributed by atoms with E-state index in [1.54, 1.807) is 4.57 Å². The zero-order chi connectivity index (χ0) is 103. The van der Waals surface area contributed by atoms with Crippen LogP contribution in [0.25, 0.3) is 33.5 Å². The summed E-state index contributed by atoms with van der Waals surface area (Å²) in [5.74, 6) is -0.694. The van der Waals surface area contributed by atoms with Gasteiger partial charge < -0.3 is 150 Å². The number of nitrogen functional groups attached to an aromatic ring is 4. The van der Waals surface area contributed by atoms with Crippen molar-refractivity contribution in [3.8, 4) is 0 Å². The minimum atomic E-state index is -5.05. The molecule has 59 nitrogen and oxygen atoms in total. The van der Waals surface area contributed by atoms with Gasteiger partial charge in [0.05, 0.1) is 123 Å². The first-order chi connectivity index (χ1) is 68.0. The number of hydrogen-bond acceptors (Lipinski definition) is 49. The molecule has 6 aliphatic heterocycles. The number of aromatic nitrogens is 18. The van der Waals surface area contributed by atoms with Crippen LogP contribution in [0.3, 0.4) is 0 Å². The molecule has 6 aliphatic rings. The zero-order valence-electron chi connectivity index (χ0n) is 77.0. The maximum atomic E-state index is 14.1. The van der Waals surface area contributed by atoms with Crippen LogP contribution in [0.1, 0.15) is 86.7 Å². The Labute approximate surface area is 832 Å². The van der Waals surface area contributed by atoms with Gasteiger partial charge in [-0.05, 0) is 86.2 Å². The highest BCUT2D eigenvalue weighted by Gasteiger charge is 2.57. The molecular formula is C74H105N22O37P5S5. The minimum absolute atomic E-state index is 0.0242. The summed E-state index contributed by atoms with van der Waals surface area (Å²) in [4.78, 5) is 199. The second kappa shape index (κ2) is 46.9. The monoisotopic (exact) mass is 2210 g/mol. The number of rotatable bonds is 49. The summed E-state index contributed by atoms with van der Waals surface area (Å²) in [7, 11) is 5.44. The smallest absolute Gasteiger partial charge is 0.351 e. The predicted molar refractivity (Wildman–Crippen MR) is 511 cm³/mol. The van der Waals surface area contributed by atoms with Crippen LogP contribution in [0, 0.1) is 20.8 Å². The van der Waals surface area contributed by atoms with E-state index in [-0.39, 0.29) is 128 Å². The van der Waals surface area contributed by atoms with Gasteiger partial charge in [-0.3, -0.25) is 80.1 Å². The molecule has 0 saturated carbocycles. The van der Waals surface area contributed by atoms with E-state index in [4.69, 9.17) is 194 Å².